The standard InChI is InChI=1S/C22H19N3O3S/c1-15-9-11-17(12-10-15)25-20(23-24-22(25)29-14-21(26)27)13-28-19-8-4-6-16-5-2-3-7-18(16)19/h2-12H,13-14H2,1H3,(H,26,27). The first-order valence-corrected chi connectivity index (χ1v) is 10.1. The molecule has 3 aromatic carbocycles. The van der Waals surface area contributed by atoms with Crippen molar-refractivity contribution in [2.24, 2.45) is 0 Å². The van der Waals surface area contributed by atoms with Crippen LogP contribution in [0.15, 0.2) is 71.9 Å². The van der Waals surface area contributed by atoms with E-state index in [1.165, 1.54) is 0 Å². The summed E-state index contributed by atoms with van der Waals surface area (Å²) in [6.45, 7) is 2.23. The van der Waals surface area contributed by atoms with E-state index in [0.29, 0.717) is 11.0 Å². The molecule has 0 saturated carbocycles. The lowest BCUT2D eigenvalue weighted by molar-refractivity contribution is -0.133. The van der Waals surface area contributed by atoms with E-state index >= 15 is 0 Å². The number of carboxylic acids is 1. The van der Waals surface area contributed by atoms with Gasteiger partial charge in [0, 0.05) is 11.1 Å². The number of hydrogen-bond donors (Lipinski definition) is 1. The van der Waals surface area contributed by atoms with E-state index in [-0.39, 0.29) is 12.4 Å². The first-order valence-electron chi connectivity index (χ1n) is 9.08. The smallest absolute Gasteiger partial charge is 0.313 e. The van der Waals surface area contributed by atoms with Gasteiger partial charge >= 0.3 is 5.97 Å². The van der Waals surface area contributed by atoms with E-state index in [1.807, 2.05) is 78.2 Å². The van der Waals surface area contributed by atoms with Gasteiger partial charge in [0.1, 0.15) is 12.4 Å². The van der Waals surface area contributed by atoms with Crippen LogP contribution in [0.3, 0.4) is 0 Å². The Kier molecular flexibility index (Phi) is 5.48. The van der Waals surface area contributed by atoms with Gasteiger partial charge in [-0.25, -0.2) is 0 Å². The van der Waals surface area contributed by atoms with Crippen LogP contribution in [0.25, 0.3) is 16.5 Å². The first-order chi connectivity index (χ1) is 14.1. The van der Waals surface area contributed by atoms with Crippen LogP contribution in [0, 0.1) is 6.92 Å². The van der Waals surface area contributed by atoms with Gasteiger partial charge in [0.25, 0.3) is 0 Å². The van der Waals surface area contributed by atoms with Gasteiger partial charge in [-0.15, -0.1) is 10.2 Å². The highest BCUT2D eigenvalue weighted by Gasteiger charge is 2.16. The van der Waals surface area contributed by atoms with Crippen LogP contribution in [0.1, 0.15) is 11.4 Å². The van der Waals surface area contributed by atoms with Crippen molar-refractivity contribution in [1.29, 1.82) is 0 Å². The Bertz CT molecular complexity index is 1150. The maximum Gasteiger partial charge on any atom is 0.313 e. The van der Waals surface area contributed by atoms with Crippen molar-refractivity contribution in [3.8, 4) is 11.4 Å². The third-order valence-corrected chi connectivity index (χ3v) is 5.34. The maximum absolute atomic E-state index is 11.0. The van der Waals surface area contributed by atoms with Gasteiger partial charge in [0.05, 0.1) is 5.75 Å². The highest BCUT2D eigenvalue weighted by Crippen LogP contribution is 2.27. The Morgan fingerprint density at radius 1 is 1.03 bits per heavy atom. The van der Waals surface area contributed by atoms with Crippen molar-refractivity contribution in [2.75, 3.05) is 5.75 Å². The predicted octanol–water partition coefficient (Wildman–Crippen LogP) is 4.48. The van der Waals surface area contributed by atoms with E-state index in [1.54, 1.807) is 0 Å². The summed E-state index contributed by atoms with van der Waals surface area (Å²) in [5.74, 6) is 0.381. The highest BCUT2D eigenvalue weighted by molar-refractivity contribution is 7.99. The van der Waals surface area contributed by atoms with Crippen molar-refractivity contribution >= 4 is 28.5 Å². The lowest BCUT2D eigenvalue weighted by Gasteiger charge is -2.12. The zero-order chi connectivity index (χ0) is 20.2. The second-order valence-electron chi connectivity index (χ2n) is 6.52. The molecule has 6 nitrogen and oxygen atoms in total. The molecule has 4 rings (SSSR count). The quantitative estimate of drug-likeness (QED) is 0.457. The third-order valence-electron chi connectivity index (χ3n) is 4.42. The SMILES string of the molecule is Cc1ccc(-n2c(COc3cccc4ccccc34)nnc2SCC(=O)O)cc1. The molecule has 1 N–H and O–H groups in total. The van der Waals surface area contributed by atoms with E-state index in [0.717, 1.165) is 39.5 Å². The number of carboxylic acid groups (broad SMARTS) is 1. The molecule has 0 radical (unpaired) electrons. The zero-order valence-electron chi connectivity index (χ0n) is 15.8. The Labute approximate surface area is 172 Å². The summed E-state index contributed by atoms with van der Waals surface area (Å²) in [7, 11) is 0. The second-order valence-corrected chi connectivity index (χ2v) is 7.46. The lowest BCUT2D eigenvalue weighted by atomic mass is 10.1. The summed E-state index contributed by atoms with van der Waals surface area (Å²) < 4.78 is 7.93. The molecule has 0 aliphatic carbocycles. The summed E-state index contributed by atoms with van der Waals surface area (Å²) >= 11 is 1.13. The molecule has 1 heterocycles. The molecular formula is C22H19N3O3S. The molecule has 0 unspecified atom stereocenters. The Morgan fingerprint density at radius 2 is 1.79 bits per heavy atom. The number of carbonyl (C=O) groups is 1. The van der Waals surface area contributed by atoms with Gasteiger partial charge in [-0.1, -0.05) is 65.9 Å². The van der Waals surface area contributed by atoms with Crippen LogP contribution < -0.4 is 4.74 Å². The van der Waals surface area contributed by atoms with Crippen molar-refractivity contribution in [1.82, 2.24) is 14.8 Å². The summed E-state index contributed by atoms with van der Waals surface area (Å²) in [6.07, 6.45) is 0. The molecule has 0 bridgehead atoms. The number of benzene rings is 3. The van der Waals surface area contributed by atoms with Crippen LogP contribution >= 0.6 is 11.8 Å². The number of thioether (sulfide) groups is 1. The number of rotatable bonds is 7. The predicted molar refractivity (Wildman–Crippen MR) is 113 cm³/mol. The number of nitrogens with zero attached hydrogens (tertiary/aromatic N) is 3. The zero-order valence-corrected chi connectivity index (χ0v) is 16.6. The molecule has 0 spiro atoms. The van der Waals surface area contributed by atoms with Gasteiger partial charge in [-0.05, 0) is 30.5 Å². The Hall–Kier alpha value is -3.32. The average molecular weight is 405 g/mol. The topological polar surface area (TPSA) is 77.2 Å². The van der Waals surface area contributed by atoms with Gasteiger partial charge in [0.2, 0.25) is 0 Å². The minimum atomic E-state index is -0.901. The summed E-state index contributed by atoms with van der Waals surface area (Å²) in [4.78, 5) is 11.0. The van der Waals surface area contributed by atoms with Crippen molar-refractivity contribution in [2.45, 2.75) is 18.7 Å². The maximum atomic E-state index is 11.0. The van der Waals surface area contributed by atoms with Crippen molar-refractivity contribution in [3.63, 3.8) is 0 Å². The Balaban J connectivity index is 1.66. The van der Waals surface area contributed by atoms with Crippen LogP contribution in [0.2, 0.25) is 0 Å². The van der Waals surface area contributed by atoms with Crippen molar-refractivity contribution < 1.29 is 14.6 Å². The highest BCUT2D eigenvalue weighted by atomic mass is 32.2. The molecule has 0 aliphatic heterocycles. The average Bonchev–Trinajstić information content (AvgIpc) is 3.14. The molecule has 0 atom stereocenters. The minimum Gasteiger partial charge on any atom is -0.485 e. The number of aromatic nitrogens is 3. The lowest BCUT2D eigenvalue weighted by Crippen LogP contribution is -2.08. The largest absolute Gasteiger partial charge is 0.485 e. The fourth-order valence-corrected chi connectivity index (χ4v) is 3.72. The molecule has 7 heteroatoms. The summed E-state index contributed by atoms with van der Waals surface area (Å²) in [5, 5.41) is 20.1. The minimum absolute atomic E-state index is 0.0891. The van der Waals surface area contributed by atoms with Crippen LogP contribution in [-0.2, 0) is 11.4 Å². The van der Waals surface area contributed by atoms with Crippen LogP contribution in [0.4, 0.5) is 0 Å². The normalized spacial score (nSPS) is 10.9. The fourth-order valence-electron chi connectivity index (χ4n) is 3.03. The molecule has 4 aromatic rings. The molecule has 1 aromatic heterocycles. The fraction of sp³-hybridized carbons (Fsp3) is 0.136. The molecule has 0 aliphatic rings. The third kappa shape index (κ3) is 4.25. The van der Waals surface area contributed by atoms with Crippen LogP contribution in [-0.4, -0.2) is 31.6 Å². The van der Waals surface area contributed by atoms with E-state index in [4.69, 9.17) is 9.84 Å². The number of aliphatic carboxylic acids is 1. The summed E-state index contributed by atoms with van der Waals surface area (Å²) in [6, 6.07) is 21.9. The summed E-state index contributed by atoms with van der Waals surface area (Å²) in [5.41, 5.74) is 2.00. The number of fused-ring (bicyclic) bond motifs is 1. The van der Waals surface area contributed by atoms with Gasteiger partial charge < -0.3 is 9.84 Å². The molecule has 146 valence electrons. The Morgan fingerprint density at radius 3 is 2.59 bits per heavy atom. The second kappa shape index (κ2) is 8.36. The van der Waals surface area contributed by atoms with Gasteiger partial charge in [-0.2, -0.15) is 0 Å². The molecule has 0 fully saturated rings. The van der Waals surface area contributed by atoms with Gasteiger partial charge in [-0.3, -0.25) is 9.36 Å². The molecule has 0 saturated heterocycles. The van der Waals surface area contributed by atoms with Gasteiger partial charge in [0.15, 0.2) is 11.0 Å². The molecule has 29 heavy (non-hydrogen) atoms. The number of aryl methyl sites for hydroxylation is 1. The van der Waals surface area contributed by atoms with Crippen molar-refractivity contribution in [3.05, 3.63) is 78.1 Å². The number of ether oxygens (including phenoxy) is 1. The van der Waals surface area contributed by atoms with E-state index in [2.05, 4.69) is 10.2 Å². The van der Waals surface area contributed by atoms with E-state index < -0.39 is 5.97 Å². The first kappa shape index (κ1) is 19.0. The molecular weight excluding hydrogens is 386 g/mol. The number of hydrogen-bond acceptors (Lipinski definition) is 5. The monoisotopic (exact) mass is 405 g/mol. The van der Waals surface area contributed by atoms with Crippen LogP contribution in [0.5, 0.6) is 5.75 Å². The van der Waals surface area contributed by atoms with E-state index in [9.17, 15) is 4.79 Å². The molecule has 0 amide bonds.